The van der Waals surface area contributed by atoms with E-state index in [1.807, 2.05) is 22.9 Å². The summed E-state index contributed by atoms with van der Waals surface area (Å²) in [5.41, 5.74) is 1.38. The molecule has 1 N–H and O–H groups in total. The highest BCUT2D eigenvalue weighted by molar-refractivity contribution is 7.89. The maximum atomic E-state index is 12.3. The Labute approximate surface area is 163 Å². The number of sulfonamides is 1. The number of hydrogen-bond donors (Lipinski definition) is 1. The molecule has 1 aliphatic heterocycles. The zero-order valence-electron chi connectivity index (χ0n) is 14.9. The summed E-state index contributed by atoms with van der Waals surface area (Å²) >= 11 is 0. The number of rotatable bonds is 5. The fourth-order valence-corrected chi connectivity index (χ4v) is 4.43. The summed E-state index contributed by atoms with van der Waals surface area (Å²) in [6.07, 6.45) is 5.24. The molecular weight excluding hydrogens is 392 g/mol. The van der Waals surface area contributed by atoms with Gasteiger partial charge in [-0.25, -0.2) is 22.7 Å². The van der Waals surface area contributed by atoms with Crippen molar-refractivity contribution in [3.63, 3.8) is 0 Å². The number of H-pyrrole nitrogens is 1. The minimum Gasteiger partial charge on any atom is -0.379 e. The predicted molar refractivity (Wildman–Crippen MR) is 103 cm³/mol. The van der Waals surface area contributed by atoms with Crippen molar-refractivity contribution < 1.29 is 13.2 Å². The Morgan fingerprint density at radius 2 is 2.11 bits per heavy atom. The smallest absolute Gasteiger partial charge is 0.214 e. The Morgan fingerprint density at radius 1 is 1.30 bits per heavy atom. The lowest BCUT2D eigenvalue weighted by molar-refractivity contribution is 0.182. The number of imidazole rings is 1. The minimum absolute atomic E-state index is 0. The molecule has 0 bridgehead atoms. The summed E-state index contributed by atoms with van der Waals surface area (Å²) in [6.45, 7) is 0.849. The van der Waals surface area contributed by atoms with Gasteiger partial charge in [-0.1, -0.05) is 0 Å². The van der Waals surface area contributed by atoms with Crippen molar-refractivity contribution in [3.8, 4) is 11.5 Å². The zero-order chi connectivity index (χ0) is 18.3. The Kier molecular flexibility index (Phi) is 5.52. The van der Waals surface area contributed by atoms with Crippen molar-refractivity contribution >= 4 is 33.5 Å². The Bertz CT molecular complexity index is 1030. The summed E-state index contributed by atoms with van der Waals surface area (Å²) in [5, 5.41) is 8.09. The summed E-state index contributed by atoms with van der Waals surface area (Å²) in [7, 11) is -0.221. The van der Waals surface area contributed by atoms with Crippen LogP contribution in [0.5, 0.6) is 0 Å². The number of ether oxygens (including phenoxy) is 1. The molecule has 1 saturated heterocycles. The molecule has 0 amide bonds. The van der Waals surface area contributed by atoms with Gasteiger partial charge in [0.1, 0.15) is 5.69 Å². The third-order valence-corrected chi connectivity index (χ3v) is 6.69. The van der Waals surface area contributed by atoms with Crippen LogP contribution < -0.4 is 0 Å². The lowest BCUT2D eigenvalue weighted by Crippen LogP contribution is -2.32. The zero-order valence-corrected chi connectivity index (χ0v) is 16.6. The van der Waals surface area contributed by atoms with Gasteiger partial charge in [0.05, 0.1) is 25.0 Å². The van der Waals surface area contributed by atoms with E-state index in [2.05, 4.69) is 20.2 Å². The van der Waals surface area contributed by atoms with Crippen LogP contribution in [0.3, 0.4) is 0 Å². The first-order valence-electron chi connectivity index (χ1n) is 8.27. The van der Waals surface area contributed by atoms with Gasteiger partial charge in [0, 0.05) is 44.0 Å². The number of fused-ring (bicyclic) bond motifs is 1. The van der Waals surface area contributed by atoms with Crippen molar-refractivity contribution in [2.45, 2.75) is 6.04 Å². The quantitative estimate of drug-likeness (QED) is 0.677. The SMILES string of the molecule is CN(C)S(=O)(=O)C[C@@H]1COC[C@H]1n1ccnc1-c1[nH]nc2ncccc12.Cl. The summed E-state index contributed by atoms with van der Waals surface area (Å²) in [4.78, 5) is 8.70. The number of nitrogens with zero attached hydrogens (tertiary/aromatic N) is 5. The molecule has 11 heteroatoms. The number of hydrogen-bond acceptors (Lipinski definition) is 6. The van der Waals surface area contributed by atoms with Crippen LogP contribution >= 0.6 is 12.4 Å². The molecule has 146 valence electrons. The Morgan fingerprint density at radius 3 is 2.89 bits per heavy atom. The van der Waals surface area contributed by atoms with Crippen LogP contribution in [0.25, 0.3) is 22.6 Å². The molecule has 3 aromatic rings. The molecule has 2 atom stereocenters. The van der Waals surface area contributed by atoms with Gasteiger partial charge in [0.25, 0.3) is 0 Å². The number of halogens is 1. The van der Waals surface area contributed by atoms with Crippen molar-refractivity contribution in [2.75, 3.05) is 33.1 Å². The average molecular weight is 413 g/mol. The van der Waals surface area contributed by atoms with E-state index in [1.54, 1.807) is 26.5 Å². The van der Waals surface area contributed by atoms with Crippen molar-refractivity contribution in [1.29, 1.82) is 0 Å². The first-order chi connectivity index (χ1) is 12.5. The number of nitrogens with one attached hydrogen (secondary N) is 1. The van der Waals surface area contributed by atoms with E-state index >= 15 is 0 Å². The molecule has 4 rings (SSSR count). The topological polar surface area (TPSA) is 106 Å². The lowest BCUT2D eigenvalue weighted by Gasteiger charge is -2.22. The van der Waals surface area contributed by atoms with Gasteiger partial charge in [-0.15, -0.1) is 12.4 Å². The van der Waals surface area contributed by atoms with E-state index in [1.165, 1.54) is 4.31 Å². The molecule has 9 nitrogen and oxygen atoms in total. The highest BCUT2D eigenvalue weighted by Gasteiger charge is 2.35. The molecule has 1 aliphatic rings. The summed E-state index contributed by atoms with van der Waals surface area (Å²) in [5.74, 6) is 0.582. The second-order valence-corrected chi connectivity index (χ2v) is 8.78. The van der Waals surface area contributed by atoms with Crippen LogP contribution in [0, 0.1) is 5.92 Å². The molecule has 27 heavy (non-hydrogen) atoms. The molecule has 0 unspecified atom stereocenters. The molecule has 1 fully saturated rings. The molecule has 0 saturated carbocycles. The monoisotopic (exact) mass is 412 g/mol. The van der Waals surface area contributed by atoms with Gasteiger partial charge < -0.3 is 9.30 Å². The molecule has 0 aromatic carbocycles. The normalized spacial score (nSPS) is 20.3. The van der Waals surface area contributed by atoms with Crippen molar-refractivity contribution in [2.24, 2.45) is 5.92 Å². The summed E-state index contributed by atoms with van der Waals surface area (Å²) in [6, 6.07) is 3.66. The molecule has 3 aromatic heterocycles. The molecular formula is C16H21ClN6O3S. The average Bonchev–Trinajstić information content (AvgIpc) is 3.32. The minimum atomic E-state index is -3.32. The van der Waals surface area contributed by atoms with E-state index in [4.69, 9.17) is 4.74 Å². The van der Waals surface area contributed by atoms with Crippen LogP contribution in [-0.4, -0.2) is 70.5 Å². The number of pyridine rings is 1. The van der Waals surface area contributed by atoms with Gasteiger partial charge in [0.15, 0.2) is 11.5 Å². The third-order valence-electron chi connectivity index (χ3n) is 4.72. The van der Waals surface area contributed by atoms with E-state index in [9.17, 15) is 8.42 Å². The van der Waals surface area contributed by atoms with Gasteiger partial charge in [-0.2, -0.15) is 5.10 Å². The first-order valence-corrected chi connectivity index (χ1v) is 9.88. The van der Waals surface area contributed by atoms with Crippen LogP contribution in [0.4, 0.5) is 0 Å². The fraction of sp³-hybridized carbons (Fsp3) is 0.438. The maximum absolute atomic E-state index is 12.3. The second-order valence-electron chi connectivity index (χ2n) is 6.56. The second kappa shape index (κ2) is 7.55. The van der Waals surface area contributed by atoms with Crippen LogP contribution in [0.1, 0.15) is 6.04 Å². The van der Waals surface area contributed by atoms with Crippen molar-refractivity contribution in [3.05, 3.63) is 30.7 Å². The van der Waals surface area contributed by atoms with Crippen LogP contribution in [-0.2, 0) is 14.8 Å². The predicted octanol–water partition coefficient (Wildman–Crippen LogP) is 1.32. The van der Waals surface area contributed by atoms with E-state index < -0.39 is 10.0 Å². The van der Waals surface area contributed by atoms with E-state index in [-0.39, 0.29) is 30.1 Å². The van der Waals surface area contributed by atoms with Gasteiger partial charge in [-0.3, -0.25) is 5.10 Å². The van der Waals surface area contributed by atoms with Gasteiger partial charge in [0.2, 0.25) is 10.0 Å². The van der Waals surface area contributed by atoms with E-state index in [0.717, 1.165) is 11.1 Å². The first kappa shape index (κ1) is 19.7. The summed E-state index contributed by atoms with van der Waals surface area (Å²) < 4.78 is 33.5. The van der Waals surface area contributed by atoms with Crippen molar-refractivity contribution in [1.82, 2.24) is 29.0 Å². The molecule has 0 spiro atoms. The number of aromatic amines is 1. The van der Waals surface area contributed by atoms with E-state index in [0.29, 0.717) is 24.7 Å². The highest BCUT2D eigenvalue weighted by Crippen LogP contribution is 2.33. The lowest BCUT2D eigenvalue weighted by atomic mass is 10.1. The fourth-order valence-electron chi connectivity index (χ4n) is 3.27. The van der Waals surface area contributed by atoms with Gasteiger partial charge in [-0.05, 0) is 12.1 Å². The largest absolute Gasteiger partial charge is 0.379 e. The Hall–Kier alpha value is -2.01. The standard InChI is InChI=1S/C16H20N6O3S.ClH/c1-21(2)26(23,24)10-11-8-25-9-13(11)22-7-6-18-16(22)14-12-4-3-5-17-15(12)20-19-14;/h3-7,11,13H,8-10H2,1-2H3,(H,17,19,20);1H/t11-,13+;/m0./s1. The van der Waals surface area contributed by atoms with Gasteiger partial charge >= 0.3 is 0 Å². The van der Waals surface area contributed by atoms with Crippen LogP contribution in [0.2, 0.25) is 0 Å². The Balaban J connectivity index is 0.00000210. The molecule has 0 aliphatic carbocycles. The molecule has 4 heterocycles. The van der Waals surface area contributed by atoms with Crippen LogP contribution in [0.15, 0.2) is 30.7 Å². The molecule has 0 radical (unpaired) electrons. The highest BCUT2D eigenvalue weighted by atomic mass is 35.5. The maximum Gasteiger partial charge on any atom is 0.214 e. The third kappa shape index (κ3) is 3.57. The number of aromatic nitrogens is 5.